The number of nitrogens with one attached hydrogen (secondary N) is 2. The molecule has 5 nitrogen and oxygen atoms in total. The Balaban J connectivity index is 3.67. The summed E-state index contributed by atoms with van der Waals surface area (Å²) in [5.74, 6) is 0.821. The molecule has 16 heavy (non-hydrogen) atoms. The van der Waals surface area contributed by atoms with Gasteiger partial charge in [0.05, 0.1) is 19.8 Å². The van der Waals surface area contributed by atoms with Crippen molar-refractivity contribution in [2.24, 2.45) is 4.99 Å². The van der Waals surface area contributed by atoms with Gasteiger partial charge >= 0.3 is 0 Å². The Bertz CT molecular complexity index is 175. The van der Waals surface area contributed by atoms with Gasteiger partial charge in [-0.25, -0.2) is 0 Å². The summed E-state index contributed by atoms with van der Waals surface area (Å²) in [6.07, 6.45) is 0. The molecule has 0 atom stereocenters. The number of hydrogen-bond acceptors (Lipinski definition) is 3. The van der Waals surface area contributed by atoms with Crippen LogP contribution in [0.15, 0.2) is 4.99 Å². The molecule has 0 aliphatic carbocycles. The Labute approximate surface area is 98.6 Å². The van der Waals surface area contributed by atoms with Gasteiger partial charge in [0.15, 0.2) is 5.96 Å². The zero-order valence-corrected chi connectivity index (χ0v) is 10.7. The van der Waals surface area contributed by atoms with Gasteiger partial charge in [-0.1, -0.05) is 0 Å². The SMILES string of the molecule is CCNC(=NCCOCC)NCCOCC. The van der Waals surface area contributed by atoms with Crippen LogP contribution in [0.2, 0.25) is 0 Å². The quantitative estimate of drug-likeness (QED) is 0.347. The Hall–Kier alpha value is -0.810. The maximum atomic E-state index is 5.24. The second-order valence-electron chi connectivity index (χ2n) is 3.08. The van der Waals surface area contributed by atoms with Gasteiger partial charge in [-0.2, -0.15) is 0 Å². The fraction of sp³-hybridized carbons (Fsp3) is 0.909. The van der Waals surface area contributed by atoms with E-state index in [2.05, 4.69) is 15.6 Å². The summed E-state index contributed by atoms with van der Waals surface area (Å²) in [6, 6.07) is 0. The Morgan fingerprint density at radius 3 is 2.31 bits per heavy atom. The average Bonchev–Trinajstić information content (AvgIpc) is 2.30. The monoisotopic (exact) mass is 231 g/mol. The van der Waals surface area contributed by atoms with Crippen LogP contribution in [0, 0.1) is 0 Å². The van der Waals surface area contributed by atoms with Crippen LogP contribution in [0.5, 0.6) is 0 Å². The molecule has 96 valence electrons. The van der Waals surface area contributed by atoms with Crippen molar-refractivity contribution >= 4 is 5.96 Å². The van der Waals surface area contributed by atoms with Gasteiger partial charge in [-0.05, 0) is 20.8 Å². The third kappa shape index (κ3) is 9.73. The van der Waals surface area contributed by atoms with E-state index in [0.29, 0.717) is 19.8 Å². The first-order chi connectivity index (χ1) is 7.85. The van der Waals surface area contributed by atoms with Gasteiger partial charge < -0.3 is 20.1 Å². The third-order valence-electron chi connectivity index (χ3n) is 1.80. The second kappa shape index (κ2) is 12.3. The molecule has 0 aliphatic heterocycles. The number of ether oxygens (including phenoxy) is 2. The minimum atomic E-state index is 0.665. The summed E-state index contributed by atoms with van der Waals surface area (Å²) in [6.45, 7) is 11.2. The summed E-state index contributed by atoms with van der Waals surface area (Å²) < 4.78 is 10.5. The molecule has 0 amide bonds. The molecule has 0 aromatic heterocycles. The van der Waals surface area contributed by atoms with Gasteiger partial charge in [-0.3, -0.25) is 4.99 Å². The maximum absolute atomic E-state index is 5.24. The van der Waals surface area contributed by atoms with Crippen molar-refractivity contribution in [2.45, 2.75) is 20.8 Å². The number of guanidine groups is 1. The summed E-state index contributed by atoms with van der Waals surface area (Å²) in [7, 11) is 0. The average molecular weight is 231 g/mol. The molecule has 0 aromatic rings. The molecule has 0 saturated carbocycles. The molecule has 5 heteroatoms. The summed E-state index contributed by atoms with van der Waals surface area (Å²) in [4.78, 5) is 4.36. The fourth-order valence-corrected chi connectivity index (χ4v) is 1.09. The van der Waals surface area contributed by atoms with E-state index < -0.39 is 0 Å². The molecular weight excluding hydrogens is 206 g/mol. The molecule has 0 spiro atoms. The highest BCUT2D eigenvalue weighted by molar-refractivity contribution is 5.79. The zero-order chi connectivity index (χ0) is 12.1. The third-order valence-corrected chi connectivity index (χ3v) is 1.80. The van der Waals surface area contributed by atoms with Gasteiger partial charge in [0.1, 0.15) is 0 Å². The summed E-state index contributed by atoms with van der Waals surface area (Å²) >= 11 is 0. The van der Waals surface area contributed by atoms with Crippen molar-refractivity contribution < 1.29 is 9.47 Å². The molecule has 0 aromatic carbocycles. The lowest BCUT2D eigenvalue weighted by molar-refractivity contribution is 0.152. The van der Waals surface area contributed by atoms with Crippen LogP contribution < -0.4 is 10.6 Å². The molecule has 0 saturated heterocycles. The Morgan fingerprint density at radius 1 is 1.00 bits per heavy atom. The molecule has 0 heterocycles. The van der Waals surface area contributed by atoms with Crippen LogP contribution in [0.25, 0.3) is 0 Å². The Morgan fingerprint density at radius 2 is 1.69 bits per heavy atom. The van der Waals surface area contributed by atoms with Crippen molar-refractivity contribution in [1.29, 1.82) is 0 Å². The van der Waals surface area contributed by atoms with Crippen molar-refractivity contribution in [2.75, 3.05) is 46.1 Å². The van der Waals surface area contributed by atoms with Crippen LogP contribution in [0.1, 0.15) is 20.8 Å². The minimum absolute atomic E-state index is 0.665. The van der Waals surface area contributed by atoms with E-state index in [1.807, 2.05) is 20.8 Å². The largest absolute Gasteiger partial charge is 0.380 e. The smallest absolute Gasteiger partial charge is 0.191 e. The highest BCUT2D eigenvalue weighted by Crippen LogP contribution is 1.78. The van der Waals surface area contributed by atoms with Crippen molar-refractivity contribution in [3.05, 3.63) is 0 Å². The summed E-state index contributed by atoms with van der Waals surface area (Å²) in [5.41, 5.74) is 0. The van der Waals surface area contributed by atoms with Crippen LogP contribution >= 0.6 is 0 Å². The maximum Gasteiger partial charge on any atom is 0.191 e. The Kier molecular flexibility index (Phi) is 11.6. The first-order valence-electron chi connectivity index (χ1n) is 6.02. The molecule has 0 bridgehead atoms. The van der Waals surface area contributed by atoms with E-state index in [4.69, 9.17) is 9.47 Å². The van der Waals surface area contributed by atoms with Gasteiger partial charge in [-0.15, -0.1) is 0 Å². The van der Waals surface area contributed by atoms with Crippen molar-refractivity contribution in [1.82, 2.24) is 10.6 Å². The predicted molar refractivity (Wildman–Crippen MR) is 67.0 cm³/mol. The highest BCUT2D eigenvalue weighted by Gasteiger charge is 1.95. The predicted octanol–water partition coefficient (Wildman–Crippen LogP) is 0.615. The lowest BCUT2D eigenvalue weighted by Crippen LogP contribution is -2.39. The molecule has 0 unspecified atom stereocenters. The van der Waals surface area contributed by atoms with Crippen LogP contribution in [-0.2, 0) is 9.47 Å². The molecule has 0 rings (SSSR count). The molecular formula is C11H25N3O2. The number of nitrogens with zero attached hydrogens (tertiary/aromatic N) is 1. The number of aliphatic imine (C=N–C) groups is 1. The standard InChI is InChI=1S/C11H25N3O2/c1-4-12-11(13-7-9-15-5-2)14-8-10-16-6-3/h4-10H2,1-3H3,(H2,12,13,14). The van der Waals surface area contributed by atoms with Crippen molar-refractivity contribution in [3.63, 3.8) is 0 Å². The first kappa shape index (κ1) is 15.2. The van der Waals surface area contributed by atoms with E-state index in [1.54, 1.807) is 0 Å². The lowest BCUT2D eigenvalue weighted by Gasteiger charge is -2.11. The molecule has 0 radical (unpaired) electrons. The van der Waals surface area contributed by atoms with E-state index in [0.717, 1.165) is 32.3 Å². The summed E-state index contributed by atoms with van der Waals surface area (Å²) in [5, 5.41) is 6.35. The number of hydrogen-bond donors (Lipinski definition) is 2. The molecule has 2 N–H and O–H groups in total. The normalized spacial score (nSPS) is 11.6. The zero-order valence-electron chi connectivity index (χ0n) is 10.7. The molecule has 0 fully saturated rings. The first-order valence-corrected chi connectivity index (χ1v) is 6.02. The van der Waals surface area contributed by atoms with E-state index >= 15 is 0 Å². The van der Waals surface area contributed by atoms with E-state index in [1.165, 1.54) is 0 Å². The van der Waals surface area contributed by atoms with Gasteiger partial charge in [0.2, 0.25) is 0 Å². The van der Waals surface area contributed by atoms with Crippen LogP contribution in [-0.4, -0.2) is 52.0 Å². The van der Waals surface area contributed by atoms with Gasteiger partial charge in [0.25, 0.3) is 0 Å². The van der Waals surface area contributed by atoms with E-state index in [9.17, 15) is 0 Å². The van der Waals surface area contributed by atoms with Crippen molar-refractivity contribution in [3.8, 4) is 0 Å². The molecule has 0 aliphatic rings. The fourth-order valence-electron chi connectivity index (χ4n) is 1.09. The minimum Gasteiger partial charge on any atom is -0.380 e. The lowest BCUT2D eigenvalue weighted by atomic mass is 10.6. The van der Waals surface area contributed by atoms with Crippen LogP contribution in [0.4, 0.5) is 0 Å². The van der Waals surface area contributed by atoms with Gasteiger partial charge in [0, 0.05) is 26.3 Å². The van der Waals surface area contributed by atoms with Crippen LogP contribution in [0.3, 0.4) is 0 Å². The topological polar surface area (TPSA) is 54.9 Å². The number of rotatable bonds is 9. The van der Waals surface area contributed by atoms with E-state index in [-0.39, 0.29) is 0 Å². The second-order valence-corrected chi connectivity index (χ2v) is 3.08. The highest BCUT2D eigenvalue weighted by atomic mass is 16.5.